The van der Waals surface area contributed by atoms with Crippen molar-refractivity contribution in [2.75, 3.05) is 5.32 Å². The average Bonchev–Trinajstić information content (AvgIpc) is 2.67. The van der Waals surface area contributed by atoms with Crippen molar-refractivity contribution in [1.29, 1.82) is 0 Å². The van der Waals surface area contributed by atoms with E-state index < -0.39 is 11.7 Å². The number of aromatic nitrogens is 1. The lowest BCUT2D eigenvalue weighted by molar-refractivity contribution is 0.102. The molecule has 88 valence electrons. The molecule has 0 aliphatic carbocycles. The lowest BCUT2D eigenvalue weighted by Gasteiger charge is -2.03. The van der Waals surface area contributed by atoms with Crippen molar-refractivity contribution in [3.63, 3.8) is 0 Å². The molecule has 4 nitrogen and oxygen atoms in total. The highest BCUT2D eigenvalue weighted by Crippen LogP contribution is 2.17. The highest BCUT2D eigenvalue weighted by atomic mass is 79.9. The number of rotatable bonds is 2. The van der Waals surface area contributed by atoms with Gasteiger partial charge in [0.1, 0.15) is 5.82 Å². The van der Waals surface area contributed by atoms with Gasteiger partial charge in [0.25, 0.3) is 5.91 Å². The minimum atomic E-state index is -0.595. The van der Waals surface area contributed by atoms with E-state index in [-0.39, 0.29) is 11.4 Å². The van der Waals surface area contributed by atoms with Crippen LogP contribution in [0.1, 0.15) is 16.1 Å². The molecule has 0 saturated heterocycles. The van der Waals surface area contributed by atoms with Crippen LogP contribution in [-0.2, 0) is 0 Å². The standard InChI is InChI=1S/C11H8BrFN2O2/c1-6-4-10(17-15-6)14-11(16)8-5-7(12)2-3-9(8)13/h2-5H,1H3,(H,14,16). The molecule has 2 aromatic rings. The zero-order valence-electron chi connectivity index (χ0n) is 8.83. The molecule has 0 aliphatic rings. The van der Waals surface area contributed by atoms with Crippen molar-refractivity contribution >= 4 is 27.7 Å². The summed E-state index contributed by atoms with van der Waals surface area (Å²) in [6.07, 6.45) is 0. The molecule has 0 bridgehead atoms. The van der Waals surface area contributed by atoms with Crippen LogP contribution >= 0.6 is 15.9 Å². The van der Waals surface area contributed by atoms with Gasteiger partial charge >= 0.3 is 0 Å². The molecule has 0 atom stereocenters. The molecule has 0 aliphatic heterocycles. The van der Waals surface area contributed by atoms with Crippen LogP contribution in [0.5, 0.6) is 0 Å². The van der Waals surface area contributed by atoms with Crippen molar-refractivity contribution in [1.82, 2.24) is 5.16 Å². The molecule has 1 amide bonds. The largest absolute Gasteiger partial charge is 0.338 e. The number of hydrogen-bond donors (Lipinski definition) is 1. The quantitative estimate of drug-likeness (QED) is 0.927. The Morgan fingerprint density at radius 1 is 1.47 bits per heavy atom. The third-order valence-corrected chi connectivity index (χ3v) is 2.53. The first-order valence-electron chi connectivity index (χ1n) is 4.76. The molecule has 1 aromatic heterocycles. The summed E-state index contributed by atoms with van der Waals surface area (Å²) < 4.78 is 18.8. The van der Waals surface area contributed by atoms with E-state index in [0.717, 1.165) is 0 Å². The topological polar surface area (TPSA) is 55.1 Å². The molecular weight excluding hydrogens is 291 g/mol. The van der Waals surface area contributed by atoms with Gasteiger partial charge in [0.2, 0.25) is 5.88 Å². The first-order valence-corrected chi connectivity index (χ1v) is 5.55. The maximum atomic E-state index is 13.4. The zero-order chi connectivity index (χ0) is 12.4. The molecular formula is C11H8BrFN2O2. The Bertz CT molecular complexity index is 568. The van der Waals surface area contributed by atoms with Gasteiger partial charge in [0.15, 0.2) is 0 Å². The van der Waals surface area contributed by atoms with E-state index in [1.165, 1.54) is 18.2 Å². The van der Waals surface area contributed by atoms with Gasteiger partial charge in [-0.05, 0) is 25.1 Å². The molecule has 6 heteroatoms. The molecule has 0 fully saturated rings. The van der Waals surface area contributed by atoms with Crippen molar-refractivity contribution in [2.24, 2.45) is 0 Å². The fraction of sp³-hybridized carbons (Fsp3) is 0.0909. The third-order valence-electron chi connectivity index (χ3n) is 2.04. The maximum Gasteiger partial charge on any atom is 0.261 e. The van der Waals surface area contributed by atoms with Gasteiger partial charge < -0.3 is 4.52 Å². The molecule has 1 aromatic carbocycles. The van der Waals surface area contributed by atoms with E-state index in [9.17, 15) is 9.18 Å². The molecule has 1 heterocycles. The molecule has 0 unspecified atom stereocenters. The maximum absolute atomic E-state index is 13.4. The third kappa shape index (κ3) is 2.71. The summed E-state index contributed by atoms with van der Waals surface area (Å²) >= 11 is 3.17. The predicted octanol–water partition coefficient (Wildman–Crippen LogP) is 3.14. The van der Waals surface area contributed by atoms with E-state index >= 15 is 0 Å². The Hall–Kier alpha value is -1.69. The van der Waals surface area contributed by atoms with Gasteiger partial charge in [0, 0.05) is 10.5 Å². The fourth-order valence-electron chi connectivity index (χ4n) is 1.27. The summed E-state index contributed by atoms with van der Waals surface area (Å²) in [5.41, 5.74) is 0.573. The van der Waals surface area contributed by atoms with Crippen LogP contribution in [0.15, 0.2) is 33.3 Å². The number of amides is 1. The van der Waals surface area contributed by atoms with E-state index in [2.05, 4.69) is 26.4 Å². The smallest absolute Gasteiger partial charge is 0.261 e. The predicted molar refractivity (Wildman–Crippen MR) is 63.3 cm³/mol. The SMILES string of the molecule is Cc1cc(NC(=O)c2cc(Br)ccc2F)on1. The minimum absolute atomic E-state index is 0.0616. The van der Waals surface area contributed by atoms with Crippen LogP contribution in [0.25, 0.3) is 0 Å². The monoisotopic (exact) mass is 298 g/mol. The van der Waals surface area contributed by atoms with Crippen LogP contribution in [-0.4, -0.2) is 11.1 Å². The summed E-state index contributed by atoms with van der Waals surface area (Å²) in [6, 6.07) is 5.68. The molecule has 0 spiro atoms. The molecule has 17 heavy (non-hydrogen) atoms. The van der Waals surface area contributed by atoms with Crippen LogP contribution in [0.3, 0.4) is 0 Å². The summed E-state index contributed by atoms with van der Waals surface area (Å²) in [4.78, 5) is 11.7. The van der Waals surface area contributed by atoms with E-state index in [1.807, 2.05) is 0 Å². The van der Waals surface area contributed by atoms with Gasteiger partial charge in [-0.15, -0.1) is 0 Å². The Morgan fingerprint density at radius 3 is 2.88 bits per heavy atom. The molecule has 2 rings (SSSR count). The molecule has 0 radical (unpaired) electrons. The summed E-state index contributed by atoms with van der Waals surface area (Å²) in [5, 5.41) is 6.03. The lowest BCUT2D eigenvalue weighted by Crippen LogP contribution is -2.13. The van der Waals surface area contributed by atoms with Gasteiger partial charge in [-0.25, -0.2) is 4.39 Å². The van der Waals surface area contributed by atoms with E-state index in [0.29, 0.717) is 10.2 Å². The number of nitrogens with zero attached hydrogens (tertiary/aromatic N) is 1. The normalized spacial score (nSPS) is 10.3. The van der Waals surface area contributed by atoms with Crippen LogP contribution in [0.2, 0.25) is 0 Å². The van der Waals surface area contributed by atoms with Crippen molar-refractivity contribution < 1.29 is 13.7 Å². The number of carbonyl (C=O) groups is 1. The Kier molecular flexibility index (Phi) is 3.23. The van der Waals surface area contributed by atoms with Crippen molar-refractivity contribution in [2.45, 2.75) is 6.92 Å². The average molecular weight is 299 g/mol. The molecule has 0 saturated carbocycles. The summed E-state index contributed by atoms with van der Waals surface area (Å²) in [6.45, 7) is 1.72. The van der Waals surface area contributed by atoms with E-state index in [1.54, 1.807) is 13.0 Å². The summed E-state index contributed by atoms with van der Waals surface area (Å²) in [5.74, 6) is -0.992. The number of nitrogens with one attached hydrogen (secondary N) is 1. The number of hydrogen-bond acceptors (Lipinski definition) is 3. The van der Waals surface area contributed by atoms with Crippen LogP contribution in [0, 0.1) is 12.7 Å². The van der Waals surface area contributed by atoms with Gasteiger partial charge in [-0.2, -0.15) is 0 Å². The number of anilines is 1. The number of carbonyl (C=O) groups excluding carboxylic acids is 1. The number of benzene rings is 1. The Labute approximate surface area is 105 Å². The Balaban J connectivity index is 2.22. The summed E-state index contributed by atoms with van der Waals surface area (Å²) in [7, 11) is 0. The number of halogens is 2. The molecule has 1 N–H and O–H groups in total. The highest BCUT2D eigenvalue weighted by molar-refractivity contribution is 9.10. The first-order chi connectivity index (χ1) is 8.06. The van der Waals surface area contributed by atoms with Crippen molar-refractivity contribution in [3.8, 4) is 0 Å². The number of aryl methyl sites for hydroxylation is 1. The van der Waals surface area contributed by atoms with Crippen molar-refractivity contribution in [3.05, 3.63) is 45.8 Å². The van der Waals surface area contributed by atoms with Crippen LogP contribution in [0.4, 0.5) is 10.3 Å². The lowest BCUT2D eigenvalue weighted by atomic mass is 10.2. The second-order valence-corrected chi connectivity index (χ2v) is 4.33. The van der Waals surface area contributed by atoms with Crippen LogP contribution < -0.4 is 5.32 Å². The minimum Gasteiger partial charge on any atom is -0.338 e. The van der Waals surface area contributed by atoms with Gasteiger partial charge in [0.05, 0.1) is 11.3 Å². The second kappa shape index (κ2) is 4.67. The second-order valence-electron chi connectivity index (χ2n) is 3.41. The van der Waals surface area contributed by atoms with E-state index in [4.69, 9.17) is 4.52 Å². The fourth-order valence-corrected chi connectivity index (χ4v) is 1.63. The zero-order valence-corrected chi connectivity index (χ0v) is 10.4. The first kappa shape index (κ1) is 11.8. The Morgan fingerprint density at radius 2 is 2.24 bits per heavy atom. The van der Waals surface area contributed by atoms with Gasteiger partial charge in [-0.3, -0.25) is 10.1 Å². The highest BCUT2D eigenvalue weighted by Gasteiger charge is 2.14. The van der Waals surface area contributed by atoms with Gasteiger partial charge in [-0.1, -0.05) is 21.1 Å².